The van der Waals surface area contributed by atoms with Crippen molar-refractivity contribution >= 4 is 22.5 Å². The highest BCUT2D eigenvalue weighted by Crippen LogP contribution is 2.20. The number of urea groups is 1. The van der Waals surface area contributed by atoms with E-state index in [1.165, 1.54) is 11.3 Å². The van der Waals surface area contributed by atoms with E-state index < -0.39 is 0 Å². The number of amides is 2. The van der Waals surface area contributed by atoms with Crippen molar-refractivity contribution in [3.63, 3.8) is 0 Å². The van der Waals surface area contributed by atoms with E-state index in [9.17, 15) is 9.90 Å². The van der Waals surface area contributed by atoms with Crippen molar-refractivity contribution in [1.82, 2.24) is 15.5 Å². The Hall–Kier alpha value is -1.21. The minimum atomic E-state index is -0.237. The molecule has 1 fully saturated rings. The first-order chi connectivity index (χ1) is 9.52. The SMILES string of the molecule is CC(C)Cc1nnc(NC(=O)NC2CCC(O)CC2)s1. The molecule has 3 N–H and O–H groups in total. The van der Waals surface area contributed by atoms with Crippen LogP contribution in [0.3, 0.4) is 0 Å². The number of hydrogen-bond donors (Lipinski definition) is 3. The van der Waals surface area contributed by atoms with Gasteiger partial charge in [0.15, 0.2) is 0 Å². The van der Waals surface area contributed by atoms with Crippen LogP contribution in [0.25, 0.3) is 0 Å². The molecule has 7 heteroatoms. The zero-order valence-corrected chi connectivity index (χ0v) is 12.7. The molecule has 0 aliphatic heterocycles. The highest BCUT2D eigenvalue weighted by molar-refractivity contribution is 7.15. The van der Waals surface area contributed by atoms with Gasteiger partial charge in [0.1, 0.15) is 5.01 Å². The van der Waals surface area contributed by atoms with Gasteiger partial charge in [0.2, 0.25) is 5.13 Å². The van der Waals surface area contributed by atoms with Crippen LogP contribution in [0.1, 0.15) is 44.5 Å². The third kappa shape index (κ3) is 4.72. The second-order valence-electron chi connectivity index (χ2n) is 5.70. The predicted octanol–water partition coefficient (Wildman–Crippen LogP) is 2.16. The number of carbonyl (C=O) groups excluding carboxylic acids is 1. The van der Waals surface area contributed by atoms with E-state index in [1.807, 2.05) is 0 Å². The minimum absolute atomic E-state index is 0.140. The minimum Gasteiger partial charge on any atom is -0.393 e. The highest BCUT2D eigenvalue weighted by atomic mass is 32.1. The van der Waals surface area contributed by atoms with Crippen molar-refractivity contribution in [2.75, 3.05) is 5.32 Å². The Bertz CT molecular complexity index is 441. The van der Waals surface area contributed by atoms with Crippen molar-refractivity contribution in [2.24, 2.45) is 5.92 Å². The summed E-state index contributed by atoms with van der Waals surface area (Å²) in [5, 5.41) is 24.6. The Morgan fingerprint density at radius 2 is 2.05 bits per heavy atom. The maximum atomic E-state index is 11.8. The Balaban J connectivity index is 1.78. The molecule has 0 spiro atoms. The third-order valence-corrected chi connectivity index (χ3v) is 4.16. The van der Waals surface area contributed by atoms with Crippen LogP contribution in [0, 0.1) is 5.92 Å². The number of carbonyl (C=O) groups is 1. The Morgan fingerprint density at radius 3 is 2.70 bits per heavy atom. The monoisotopic (exact) mass is 298 g/mol. The summed E-state index contributed by atoms with van der Waals surface area (Å²) in [4.78, 5) is 11.8. The van der Waals surface area contributed by atoms with Crippen molar-refractivity contribution < 1.29 is 9.90 Å². The molecule has 0 saturated heterocycles. The van der Waals surface area contributed by atoms with Gasteiger partial charge in [-0.1, -0.05) is 25.2 Å². The molecule has 2 amide bonds. The maximum absolute atomic E-state index is 11.8. The molecule has 2 rings (SSSR count). The number of aromatic nitrogens is 2. The molecule has 1 aliphatic rings. The summed E-state index contributed by atoms with van der Waals surface area (Å²) in [6.07, 6.45) is 3.82. The number of hydrogen-bond acceptors (Lipinski definition) is 5. The van der Waals surface area contributed by atoms with Crippen molar-refractivity contribution in [1.29, 1.82) is 0 Å². The second kappa shape index (κ2) is 6.99. The molecule has 1 aromatic rings. The fourth-order valence-electron chi connectivity index (χ4n) is 2.27. The maximum Gasteiger partial charge on any atom is 0.321 e. The van der Waals surface area contributed by atoms with E-state index in [0.29, 0.717) is 11.0 Å². The van der Waals surface area contributed by atoms with Crippen LogP contribution in [0.5, 0.6) is 0 Å². The van der Waals surface area contributed by atoms with Gasteiger partial charge in [-0.05, 0) is 31.6 Å². The number of nitrogens with zero attached hydrogens (tertiary/aromatic N) is 2. The van der Waals surface area contributed by atoms with Gasteiger partial charge < -0.3 is 10.4 Å². The summed E-state index contributed by atoms with van der Waals surface area (Å²) in [7, 11) is 0. The summed E-state index contributed by atoms with van der Waals surface area (Å²) in [5.74, 6) is 0.526. The molecule has 1 aliphatic carbocycles. The highest BCUT2D eigenvalue weighted by Gasteiger charge is 2.21. The van der Waals surface area contributed by atoms with Crippen LogP contribution >= 0.6 is 11.3 Å². The zero-order valence-electron chi connectivity index (χ0n) is 11.9. The fourth-order valence-corrected chi connectivity index (χ4v) is 3.22. The number of aliphatic hydroxyl groups excluding tert-OH is 1. The van der Waals surface area contributed by atoms with Crippen molar-refractivity contribution in [3.8, 4) is 0 Å². The van der Waals surface area contributed by atoms with Crippen LogP contribution < -0.4 is 10.6 Å². The topological polar surface area (TPSA) is 87.1 Å². The molecule has 0 radical (unpaired) electrons. The van der Waals surface area contributed by atoms with Crippen molar-refractivity contribution in [2.45, 2.75) is 58.1 Å². The Kier molecular flexibility index (Phi) is 5.31. The lowest BCUT2D eigenvalue weighted by Gasteiger charge is -2.25. The second-order valence-corrected chi connectivity index (χ2v) is 6.76. The molecule has 6 nitrogen and oxygen atoms in total. The molecule has 1 saturated carbocycles. The Morgan fingerprint density at radius 1 is 1.35 bits per heavy atom. The summed E-state index contributed by atoms with van der Waals surface area (Å²) in [6.45, 7) is 4.25. The average molecular weight is 298 g/mol. The zero-order chi connectivity index (χ0) is 14.5. The first-order valence-corrected chi connectivity index (χ1v) is 7.92. The van der Waals surface area contributed by atoms with Crippen LogP contribution in [0.15, 0.2) is 0 Å². The van der Waals surface area contributed by atoms with Gasteiger partial charge in [-0.2, -0.15) is 0 Å². The van der Waals surface area contributed by atoms with Gasteiger partial charge in [-0.15, -0.1) is 10.2 Å². The summed E-state index contributed by atoms with van der Waals surface area (Å²) >= 11 is 1.42. The van der Waals surface area contributed by atoms with Crippen LogP contribution in [0.2, 0.25) is 0 Å². The molecule has 0 unspecified atom stereocenters. The van der Waals surface area contributed by atoms with Gasteiger partial charge in [0, 0.05) is 12.5 Å². The summed E-state index contributed by atoms with van der Waals surface area (Å²) in [6, 6.07) is -0.0971. The number of anilines is 1. The lowest BCUT2D eigenvalue weighted by Crippen LogP contribution is -2.40. The number of rotatable bonds is 4. The van der Waals surface area contributed by atoms with E-state index in [4.69, 9.17) is 0 Å². The molecule has 1 heterocycles. The molecule has 1 aromatic heterocycles. The third-order valence-electron chi connectivity index (χ3n) is 3.30. The summed E-state index contributed by atoms with van der Waals surface area (Å²) in [5.41, 5.74) is 0. The average Bonchev–Trinajstić information content (AvgIpc) is 2.78. The fraction of sp³-hybridized carbons (Fsp3) is 0.769. The largest absolute Gasteiger partial charge is 0.393 e. The van der Waals surface area contributed by atoms with Gasteiger partial charge >= 0.3 is 6.03 Å². The van der Waals surface area contributed by atoms with E-state index in [2.05, 4.69) is 34.7 Å². The lowest BCUT2D eigenvalue weighted by atomic mass is 9.93. The Labute approximate surface area is 123 Å². The van der Waals surface area contributed by atoms with E-state index in [-0.39, 0.29) is 18.2 Å². The molecule has 0 aromatic carbocycles. The van der Waals surface area contributed by atoms with Crippen LogP contribution in [-0.4, -0.2) is 33.5 Å². The molecule has 0 atom stereocenters. The van der Waals surface area contributed by atoms with Gasteiger partial charge in [-0.25, -0.2) is 4.79 Å². The van der Waals surface area contributed by atoms with E-state index >= 15 is 0 Å². The molecule has 20 heavy (non-hydrogen) atoms. The summed E-state index contributed by atoms with van der Waals surface area (Å²) < 4.78 is 0. The van der Waals surface area contributed by atoms with Crippen LogP contribution in [-0.2, 0) is 6.42 Å². The normalized spacial score (nSPS) is 22.8. The molecule has 0 bridgehead atoms. The first kappa shape index (κ1) is 15.2. The van der Waals surface area contributed by atoms with E-state index in [1.54, 1.807) is 0 Å². The van der Waals surface area contributed by atoms with Gasteiger partial charge in [0.05, 0.1) is 6.10 Å². The molecular formula is C13H22N4O2S. The van der Waals surface area contributed by atoms with Crippen molar-refractivity contribution in [3.05, 3.63) is 5.01 Å². The number of nitrogens with one attached hydrogen (secondary N) is 2. The van der Waals surface area contributed by atoms with Gasteiger partial charge in [-0.3, -0.25) is 5.32 Å². The first-order valence-electron chi connectivity index (χ1n) is 7.11. The molecule has 112 valence electrons. The van der Waals surface area contributed by atoms with Crippen LogP contribution in [0.4, 0.5) is 9.93 Å². The standard InChI is InChI=1S/C13H22N4O2S/c1-8(2)7-11-16-17-13(20-11)15-12(19)14-9-3-5-10(18)6-4-9/h8-10,18H,3-7H2,1-2H3,(H2,14,15,17,19). The number of aliphatic hydroxyl groups is 1. The van der Waals surface area contributed by atoms with Gasteiger partial charge in [0.25, 0.3) is 0 Å². The quantitative estimate of drug-likeness (QED) is 0.795. The predicted molar refractivity (Wildman–Crippen MR) is 78.9 cm³/mol. The lowest BCUT2D eigenvalue weighted by molar-refractivity contribution is 0.118. The smallest absolute Gasteiger partial charge is 0.321 e. The molecular weight excluding hydrogens is 276 g/mol. The van der Waals surface area contributed by atoms with E-state index in [0.717, 1.165) is 37.1 Å².